The summed E-state index contributed by atoms with van der Waals surface area (Å²) in [5, 5.41) is 9.28. The van der Waals surface area contributed by atoms with E-state index in [4.69, 9.17) is 5.11 Å². The third kappa shape index (κ3) is 3.95. The van der Waals surface area contributed by atoms with Crippen molar-refractivity contribution in [2.45, 2.75) is 0 Å². The maximum absolute atomic E-state index is 10.2. The van der Waals surface area contributed by atoms with Crippen molar-refractivity contribution in [1.29, 1.82) is 0 Å². The molecule has 1 aromatic rings. The van der Waals surface area contributed by atoms with Crippen molar-refractivity contribution in [3.63, 3.8) is 0 Å². The first-order chi connectivity index (χ1) is 7.09. The number of carboxylic acid groups (broad SMARTS) is 1. The first-order valence-electron chi connectivity index (χ1n) is 4.30. The molecule has 0 radical (unpaired) electrons. The molecule has 0 spiro atoms. The van der Waals surface area contributed by atoms with Crippen molar-refractivity contribution >= 4 is 28.5 Å². The predicted octanol–water partition coefficient (Wildman–Crippen LogP) is 1.86. The molecular weight excluding hydrogens is 212 g/mol. The molecule has 0 aromatic carbocycles. The number of aromatic nitrogens is 1. The van der Waals surface area contributed by atoms with Crippen molar-refractivity contribution in [1.82, 2.24) is 4.98 Å². The van der Waals surface area contributed by atoms with Gasteiger partial charge in [-0.1, -0.05) is 23.5 Å². The second-order valence-electron chi connectivity index (χ2n) is 3.00. The number of allylic oxidation sites excluding steroid dienone is 2. The third-order valence-electron chi connectivity index (χ3n) is 1.50. The molecule has 0 atom stereocenters. The van der Waals surface area contributed by atoms with Crippen LogP contribution in [-0.4, -0.2) is 30.2 Å². The zero-order valence-corrected chi connectivity index (χ0v) is 9.36. The first kappa shape index (κ1) is 11.5. The van der Waals surface area contributed by atoms with Gasteiger partial charge in [-0.05, 0) is 6.08 Å². The Bertz CT molecular complexity index is 394. The van der Waals surface area contributed by atoms with E-state index < -0.39 is 5.97 Å². The fourth-order valence-corrected chi connectivity index (χ4v) is 1.60. The van der Waals surface area contributed by atoms with Gasteiger partial charge in [0.05, 0.1) is 0 Å². The van der Waals surface area contributed by atoms with Crippen LogP contribution < -0.4 is 4.90 Å². The molecule has 0 aliphatic carbocycles. The minimum atomic E-state index is -0.946. The van der Waals surface area contributed by atoms with Crippen LogP contribution in [0.25, 0.3) is 6.08 Å². The largest absolute Gasteiger partial charge is 0.478 e. The maximum atomic E-state index is 10.2. The molecule has 1 rings (SSSR count). The highest BCUT2D eigenvalue weighted by molar-refractivity contribution is 7.16. The summed E-state index contributed by atoms with van der Waals surface area (Å²) in [6.07, 6.45) is 7.83. The highest BCUT2D eigenvalue weighted by Crippen LogP contribution is 2.21. The van der Waals surface area contributed by atoms with E-state index in [0.29, 0.717) is 0 Å². The molecule has 0 fully saturated rings. The molecule has 0 saturated heterocycles. The minimum absolute atomic E-state index is 0.928. The average Bonchev–Trinajstić information content (AvgIpc) is 2.60. The molecule has 0 aliphatic heterocycles. The SMILES string of the molecule is CN(C)c1ncc(/C=C/C=C/C(=O)O)s1. The number of thiazole rings is 1. The maximum Gasteiger partial charge on any atom is 0.328 e. The van der Waals surface area contributed by atoms with Crippen LogP contribution in [0.3, 0.4) is 0 Å². The zero-order chi connectivity index (χ0) is 11.3. The van der Waals surface area contributed by atoms with Crippen LogP contribution in [0, 0.1) is 0 Å². The van der Waals surface area contributed by atoms with Crippen LogP contribution in [0.1, 0.15) is 4.88 Å². The fraction of sp³-hybridized carbons (Fsp3) is 0.200. The lowest BCUT2D eigenvalue weighted by Crippen LogP contribution is -2.07. The second kappa shape index (κ2) is 5.31. The van der Waals surface area contributed by atoms with Crippen LogP contribution in [0.2, 0.25) is 0 Å². The standard InChI is InChI=1S/C10H12N2O2S/c1-12(2)10-11-7-8(15-10)5-3-4-6-9(13)14/h3-7H,1-2H3,(H,13,14)/b5-3+,6-4+. The number of aliphatic carboxylic acids is 1. The van der Waals surface area contributed by atoms with Gasteiger partial charge in [0.1, 0.15) is 0 Å². The van der Waals surface area contributed by atoms with E-state index in [2.05, 4.69) is 4.98 Å². The van der Waals surface area contributed by atoms with Gasteiger partial charge in [0.25, 0.3) is 0 Å². The van der Waals surface area contributed by atoms with Crippen LogP contribution >= 0.6 is 11.3 Å². The molecule has 15 heavy (non-hydrogen) atoms. The third-order valence-corrected chi connectivity index (χ3v) is 2.63. The van der Waals surface area contributed by atoms with E-state index in [0.717, 1.165) is 16.1 Å². The Labute approximate surface area is 92.2 Å². The van der Waals surface area contributed by atoms with E-state index in [9.17, 15) is 4.79 Å². The summed E-state index contributed by atoms with van der Waals surface area (Å²) in [4.78, 5) is 17.3. The normalized spacial score (nSPS) is 11.3. The Morgan fingerprint density at radius 2 is 2.27 bits per heavy atom. The Morgan fingerprint density at radius 1 is 1.53 bits per heavy atom. The van der Waals surface area contributed by atoms with Gasteiger partial charge in [0.15, 0.2) is 5.13 Å². The summed E-state index contributed by atoms with van der Waals surface area (Å²) in [6, 6.07) is 0. The minimum Gasteiger partial charge on any atom is -0.478 e. The Balaban J connectivity index is 2.61. The van der Waals surface area contributed by atoms with E-state index in [1.54, 1.807) is 23.6 Å². The number of hydrogen-bond acceptors (Lipinski definition) is 4. The Hall–Kier alpha value is -1.62. The van der Waals surface area contributed by atoms with Crippen molar-refractivity contribution in [3.05, 3.63) is 29.3 Å². The van der Waals surface area contributed by atoms with Gasteiger partial charge in [-0.2, -0.15) is 0 Å². The van der Waals surface area contributed by atoms with E-state index in [1.165, 1.54) is 6.08 Å². The summed E-state index contributed by atoms with van der Waals surface area (Å²) < 4.78 is 0. The zero-order valence-electron chi connectivity index (χ0n) is 8.54. The van der Waals surface area contributed by atoms with Crippen molar-refractivity contribution in [2.75, 3.05) is 19.0 Å². The van der Waals surface area contributed by atoms with Gasteiger partial charge in [-0.25, -0.2) is 9.78 Å². The van der Waals surface area contributed by atoms with Gasteiger partial charge < -0.3 is 10.0 Å². The average molecular weight is 224 g/mol. The van der Waals surface area contributed by atoms with E-state index in [-0.39, 0.29) is 0 Å². The van der Waals surface area contributed by atoms with Crippen LogP contribution in [0.15, 0.2) is 24.4 Å². The number of anilines is 1. The Morgan fingerprint density at radius 3 is 2.80 bits per heavy atom. The van der Waals surface area contributed by atoms with Crippen molar-refractivity contribution in [3.8, 4) is 0 Å². The van der Waals surface area contributed by atoms with Gasteiger partial charge in [-0.15, -0.1) is 0 Å². The molecular formula is C10H12N2O2S. The van der Waals surface area contributed by atoms with Crippen LogP contribution in [0.5, 0.6) is 0 Å². The number of carboxylic acids is 1. The van der Waals surface area contributed by atoms with Gasteiger partial charge in [-0.3, -0.25) is 0 Å². The topological polar surface area (TPSA) is 53.4 Å². The first-order valence-corrected chi connectivity index (χ1v) is 5.12. The van der Waals surface area contributed by atoms with E-state index >= 15 is 0 Å². The smallest absolute Gasteiger partial charge is 0.328 e. The van der Waals surface area contributed by atoms with Crippen LogP contribution in [-0.2, 0) is 4.79 Å². The molecule has 1 aromatic heterocycles. The van der Waals surface area contributed by atoms with Crippen LogP contribution in [0.4, 0.5) is 5.13 Å². The number of carbonyl (C=O) groups is 1. The molecule has 0 amide bonds. The lowest BCUT2D eigenvalue weighted by atomic mass is 10.4. The molecule has 0 saturated carbocycles. The molecule has 0 unspecified atom stereocenters. The molecule has 1 N–H and O–H groups in total. The van der Waals surface area contributed by atoms with E-state index in [1.807, 2.05) is 25.1 Å². The molecule has 80 valence electrons. The quantitative estimate of drug-likeness (QED) is 0.626. The van der Waals surface area contributed by atoms with Crippen molar-refractivity contribution < 1.29 is 9.90 Å². The van der Waals surface area contributed by atoms with Gasteiger partial charge in [0.2, 0.25) is 0 Å². The molecule has 1 heterocycles. The summed E-state index contributed by atoms with van der Waals surface area (Å²) in [7, 11) is 3.85. The number of rotatable bonds is 4. The molecule has 5 heteroatoms. The summed E-state index contributed by atoms with van der Waals surface area (Å²) in [6.45, 7) is 0. The highest BCUT2D eigenvalue weighted by Gasteiger charge is 1.99. The number of nitrogens with zero attached hydrogens (tertiary/aromatic N) is 2. The molecule has 4 nitrogen and oxygen atoms in total. The molecule has 0 aliphatic rings. The monoisotopic (exact) mass is 224 g/mol. The van der Waals surface area contributed by atoms with Gasteiger partial charge >= 0.3 is 5.97 Å². The van der Waals surface area contributed by atoms with Crippen molar-refractivity contribution in [2.24, 2.45) is 0 Å². The fourth-order valence-electron chi connectivity index (χ4n) is 0.849. The summed E-state index contributed by atoms with van der Waals surface area (Å²) in [5.74, 6) is -0.946. The lowest BCUT2D eigenvalue weighted by molar-refractivity contribution is -0.131. The van der Waals surface area contributed by atoms with Gasteiger partial charge in [0, 0.05) is 31.2 Å². The highest BCUT2D eigenvalue weighted by atomic mass is 32.1. The predicted molar refractivity (Wildman–Crippen MR) is 62.3 cm³/mol. The number of hydrogen-bond donors (Lipinski definition) is 1. The second-order valence-corrected chi connectivity index (χ2v) is 4.04. The Kier molecular flexibility index (Phi) is 4.05. The lowest BCUT2D eigenvalue weighted by Gasteiger charge is -2.04. The summed E-state index contributed by atoms with van der Waals surface area (Å²) in [5.41, 5.74) is 0. The summed E-state index contributed by atoms with van der Waals surface area (Å²) >= 11 is 1.55. The molecule has 0 bridgehead atoms.